The van der Waals surface area contributed by atoms with Gasteiger partial charge in [0.1, 0.15) is 0 Å². The SMILES string of the molecule is Cc1cc(C(N)c2cccc(Cl)c2)nc2ccccc12. The number of para-hydroxylation sites is 1. The van der Waals surface area contributed by atoms with Gasteiger partial charge in [-0.15, -0.1) is 0 Å². The molecule has 0 aliphatic rings. The highest BCUT2D eigenvalue weighted by Crippen LogP contribution is 2.25. The van der Waals surface area contributed by atoms with Crippen LogP contribution in [0.4, 0.5) is 0 Å². The molecule has 0 bridgehead atoms. The first-order valence-corrected chi connectivity index (χ1v) is 6.90. The van der Waals surface area contributed by atoms with Gasteiger partial charge in [-0.1, -0.05) is 41.9 Å². The fourth-order valence-electron chi connectivity index (χ4n) is 2.41. The van der Waals surface area contributed by atoms with Crippen molar-refractivity contribution in [2.75, 3.05) is 0 Å². The van der Waals surface area contributed by atoms with Gasteiger partial charge in [0.05, 0.1) is 17.3 Å². The van der Waals surface area contributed by atoms with Gasteiger partial charge >= 0.3 is 0 Å². The quantitative estimate of drug-likeness (QED) is 0.763. The second kappa shape index (κ2) is 5.23. The molecule has 0 aliphatic heterocycles. The van der Waals surface area contributed by atoms with Crippen LogP contribution in [0.25, 0.3) is 10.9 Å². The molecule has 3 rings (SSSR count). The molecule has 20 heavy (non-hydrogen) atoms. The lowest BCUT2D eigenvalue weighted by atomic mass is 10.0. The monoisotopic (exact) mass is 282 g/mol. The number of benzene rings is 2. The summed E-state index contributed by atoms with van der Waals surface area (Å²) in [6.45, 7) is 2.08. The van der Waals surface area contributed by atoms with Crippen molar-refractivity contribution in [3.05, 3.63) is 76.4 Å². The predicted octanol–water partition coefficient (Wildman–Crippen LogP) is 4.24. The highest BCUT2D eigenvalue weighted by molar-refractivity contribution is 6.30. The summed E-state index contributed by atoms with van der Waals surface area (Å²) in [4.78, 5) is 4.67. The Kier molecular flexibility index (Phi) is 3.43. The van der Waals surface area contributed by atoms with Gasteiger partial charge in [-0.05, 0) is 42.3 Å². The maximum absolute atomic E-state index is 6.32. The van der Waals surface area contributed by atoms with Crippen LogP contribution in [0.15, 0.2) is 54.6 Å². The molecule has 0 saturated heterocycles. The van der Waals surface area contributed by atoms with Gasteiger partial charge in [0, 0.05) is 10.4 Å². The number of nitrogens with zero attached hydrogens (tertiary/aromatic N) is 1. The molecule has 0 radical (unpaired) electrons. The Morgan fingerprint density at radius 1 is 1.05 bits per heavy atom. The number of rotatable bonds is 2. The first-order chi connectivity index (χ1) is 9.65. The van der Waals surface area contributed by atoms with Gasteiger partial charge in [-0.2, -0.15) is 0 Å². The number of halogens is 1. The molecule has 0 fully saturated rings. The summed E-state index contributed by atoms with van der Waals surface area (Å²) in [5, 5.41) is 1.85. The van der Waals surface area contributed by atoms with E-state index in [-0.39, 0.29) is 6.04 Å². The summed E-state index contributed by atoms with van der Waals surface area (Å²) in [5.74, 6) is 0. The Morgan fingerprint density at radius 2 is 1.85 bits per heavy atom. The molecule has 2 N–H and O–H groups in total. The molecular weight excluding hydrogens is 268 g/mol. The zero-order chi connectivity index (χ0) is 14.1. The molecule has 1 unspecified atom stereocenters. The zero-order valence-electron chi connectivity index (χ0n) is 11.2. The largest absolute Gasteiger partial charge is 0.319 e. The molecule has 1 atom stereocenters. The third-order valence-electron chi connectivity index (χ3n) is 3.47. The lowest BCUT2D eigenvalue weighted by molar-refractivity contribution is 0.834. The van der Waals surface area contributed by atoms with Crippen LogP contribution in [0, 0.1) is 6.92 Å². The van der Waals surface area contributed by atoms with Crippen molar-refractivity contribution >= 4 is 22.5 Å². The third kappa shape index (κ3) is 2.40. The van der Waals surface area contributed by atoms with E-state index in [0.717, 1.165) is 22.2 Å². The lowest BCUT2D eigenvalue weighted by Crippen LogP contribution is -2.14. The Balaban J connectivity index is 2.10. The van der Waals surface area contributed by atoms with Crippen molar-refractivity contribution in [1.29, 1.82) is 0 Å². The average molecular weight is 283 g/mol. The second-order valence-electron chi connectivity index (χ2n) is 4.91. The Hall–Kier alpha value is -1.90. The fourth-order valence-corrected chi connectivity index (χ4v) is 2.60. The van der Waals surface area contributed by atoms with Crippen LogP contribution >= 0.6 is 11.6 Å². The van der Waals surface area contributed by atoms with Crippen LogP contribution in [0.3, 0.4) is 0 Å². The highest BCUT2D eigenvalue weighted by atomic mass is 35.5. The Morgan fingerprint density at radius 3 is 2.65 bits per heavy atom. The van der Waals surface area contributed by atoms with Crippen molar-refractivity contribution < 1.29 is 0 Å². The maximum atomic E-state index is 6.32. The molecule has 1 heterocycles. The molecule has 0 aliphatic carbocycles. The number of pyridine rings is 1. The number of nitrogens with two attached hydrogens (primary N) is 1. The van der Waals surface area contributed by atoms with E-state index in [1.54, 1.807) is 0 Å². The first kappa shape index (κ1) is 13.1. The second-order valence-corrected chi connectivity index (χ2v) is 5.35. The number of hydrogen-bond donors (Lipinski definition) is 1. The predicted molar refractivity (Wildman–Crippen MR) is 84.0 cm³/mol. The van der Waals surface area contributed by atoms with Crippen LogP contribution in [0.2, 0.25) is 5.02 Å². The molecule has 0 amide bonds. The minimum atomic E-state index is -0.267. The smallest absolute Gasteiger partial charge is 0.0727 e. The normalized spacial score (nSPS) is 12.6. The van der Waals surface area contributed by atoms with Gasteiger partial charge in [0.15, 0.2) is 0 Å². The highest BCUT2D eigenvalue weighted by Gasteiger charge is 2.12. The summed E-state index contributed by atoms with van der Waals surface area (Å²) in [7, 11) is 0. The standard InChI is InChI=1S/C17H15ClN2/c1-11-9-16(20-15-8-3-2-7-14(11)15)17(19)12-5-4-6-13(18)10-12/h2-10,17H,19H2,1H3. The summed E-state index contributed by atoms with van der Waals surface area (Å²) >= 11 is 6.03. The molecule has 1 aromatic heterocycles. The average Bonchev–Trinajstić information content (AvgIpc) is 2.46. The van der Waals surface area contributed by atoms with Gasteiger partial charge in [0.25, 0.3) is 0 Å². The van der Waals surface area contributed by atoms with Crippen molar-refractivity contribution in [1.82, 2.24) is 4.98 Å². The van der Waals surface area contributed by atoms with E-state index in [1.165, 1.54) is 5.56 Å². The summed E-state index contributed by atoms with van der Waals surface area (Å²) in [5.41, 5.74) is 10.3. The van der Waals surface area contributed by atoms with E-state index in [0.29, 0.717) is 5.02 Å². The minimum absolute atomic E-state index is 0.267. The Labute approximate surface area is 123 Å². The molecule has 0 spiro atoms. The van der Waals surface area contributed by atoms with Crippen LogP contribution in [-0.4, -0.2) is 4.98 Å². The third-order valence-corrected chi connectivity index (χ3v) is 3.70. The van der Waals surface area contributed by atoms with Gasteiger partial charge in [0.2, 0.25) is 0 Å². The number of aromatic nitrogens is 1. The lowest BCUT2D eigenvalue weighted by Gasteiger charge is -2.14. The van der Waals surface area contributed by atoms with Crippen molar-refractivity contribution in [3.63, 3.8) is 0 Å². The van der Waals surface area contributed by atoms with Crippen LogP contribution in [0.5, 0.6) is 0 Å². The van der Waals surface area contributed by atoms with Gasteiger partial charge < -0.3 is 5.73 Å². The van der Waals surface area contributed by atoms with Crippen LogP contribution in [-0.2, 0) is 0 Å². The van der Waals surface area contributed by atoms with Crippen LogP contribution in [0.1, 0.15) is 22.9 Å². The van der Waals surface area contributed by atoms with E-state index in [2.05, 4.69) is 18.0 Å². The molecule has 3 aromatic rings. The van der Waals surface area contributed by atoms with Gasteiger partial charge in [-0.3, -0.25) is 4.98 Å². The van der Waals surface area contributed by atoms with Crippen molar-refractivity contribution in [2.45, 2.75) is 13.0 Å². The number of hydrogen-bond acceptors (Lipinski definition) is 2. The van der Waals surface area contributed by atoms with Crippen molar-refractivity contribution in [2.24, 2.45) is 5.73 Å². The first-order valence-electron chi connectivity index (χ1n) is 6.52. The molecule has 100 valence electrons. The van der Waals surface area contributed by atoms with E-state index in [9.17, 15) is 0 Å². The maximum Gasteiger partial charge on any atom is 0.0727 e. The summed E-state index contributed by atoms with van der Waals surface area (Å²) < 4.78 is 0. The fraction of sp³-hybridized carbons (Fsp3) is 0.118. The minimum Gasteiger partial charge on any atom is -0.319 e. The van der Waals surface area contributed by atoms with E-state index >= 15 is 0 Å². The van der Waals surface area contributed by atoms with Gasteiger partial charge in [-0.25, -0.2) is 0 Å². The topological polar surface area (TPSA) is 38.9 Å². The molecule has 2 aromatic carbocycles. The van der Waals surface area contributed by atoms with Crippen LogP contribution < -0.4 is 5.73 Å². The summed E-state index contributed by atoms with van der Waals surface area (Å²) in [6.07, 6.45) is 0. The molecular formula is C17H15ClN2. The van der Waals surface area contributed by atoms with E-state index in [1.807, 2.05) is 48.5 Å². The number of aryl methyl sites for hydroxylation is 1. The van der Waals surface area contributed by atoms with E-state index in [4.69, 9.17) is 17.3 Å². The number of fused-ring (bicyclic) bond motifs is 1. The Bertz CT molecular complexity index is 768. The zero-order valence-corrected chi connectivity index (χ0v) is 11.9. The molecule has 0 saturated carbocycles. The molecule has 3 heteroatoms. The molecule has 2 nitrogen and oxygen atoms in total. The van der Waals surface area contributed by atoms with E-state index < -0.39 is 0 Å². The summed E-state index contributed by atoms with van der Waals surface area (Å²) in [6, 6.07) is 17.5. The van der Waals surface area contributed by atoms with Crippen molar-refractivity contribution in [3.8, 4) is 0 Å².